The van der Waals surface area contributed by atoms with Crippen molar-refractivity contribution in [1.29, 1.82) is 5.26 Å². The lowest BCUT2D eigenvalue weighted by Gasteiger charge is -2.04. The molecule has 2 aromatic rings. The fraction of sp³-hybridized carbons (Fsp3) is 0.231. The normalized spacial score (nSPS) is 10.3. The Labute approximate surface area is 104 Å². The molecule has 0 atom stereocenters. The van der Waals surface area contributed by atoms with E-state index in [-0.39, 0.29) is 17.8 Å². The van der Waals surface area contributed by atoms with E-state index in [1.807, 2.05) is 13.0 Å². The third-order valence-corrected chi connectivity index (χ3v) is 2.78. The first-order chi connectivity index (χ1) is 8.65. The molecule has 0 unspecified atom stereocenters. The largest absolute Gasteiger partial charge is 0.328 e. The molecule has 2 rings (SSSR count). The van der Waals surface area contributed by atoms with Crippen molar-refractivity contribution in [2.45, 2.75) is 20.0 Å². The van der Waals surface area contributed by atoms with Crippen LogP contribution in [0.3, 0.4) is 0 Å². The van der Waals surface area contributed by atoms with Gasteiger partial charge in [-0.3, -0.25) is 9.13 Å². The molecule has 0 aliphatic heterocycles. The summed E-state index contributed by atoms with van der Waals surface area (Å²) in [6, 6.07) is 6.12. The SMILES string of the molecule is CCn1ccn(Cc2ccc(C#N)cc2F)c1=O. The summed E-state index contributed by atoms with van der Waals surface area (Å²) in [4.78, 5) is 11.8. The standard InChI is InChI=1S/C13H12FN3O/c1-2-16-5-6-17(13(16)18)9-11-4-3-10(8-15)7-12(11)14/h3-7H,2,9H2,1H3. The van der Waals surface area contributed by atoms with Gasteiger partial charge in [0.2, 0.25) is 0 Å². The number of rotatable bonds is 3. The second-order valence-electron chi connectivity index (χ2n) is 3.91. The van der Waals surface area contributed by atoms with Gasteiger partial charge >= 0.3 is 5.69 Å². The van der Waals surface area contributed by atoms with Gasteiger partial charge in [0.05, 0.1) is 18.2 Å². The van der Waals surface area contributed by atoms with E-state index in [9.17, 15) is 9.18 Å². The Hall–Kier alpha value is -2.35. The van der Waals surface area contributed by atoms with Crippen molar-refractivity contribution >= 4 is 0 Å². The van der Waals surface area contributed by atoms with Crippen LogP contribution in [0.15, 0.2) is 35.4 Å². The van der Waals surface area contributed by atoms with Gasteiger partial charge in [0, 0.05) is 24.5 Å². The van der Waals surface area contributed by atoms with Crippen LogP contribution >= 0.6 is 0 Å². The van der Waals surface area contributed by atoms with Crippen molar-refractivity contribution in [3.05, 3.63) is 58.0 Å². The molecule has 1 aromatic carbocycles. The van der Waals surface area contributed by atoms with E-state index < -0.39 is 5.82 Å². The minimum Gasteiger partial charge on any atom is -0.300 e. The van der Waals surface area contributed by atoms with Gasteiger partial charge in [-0.25, -0.2) is 9.18 Å². The number of nitriles is 1. The maximum atomic E-state index is 13.7. The number of halogens is 1. The summed E-state index contributed by atoms with van der Waals surface area (Å²) in [5, 5.41) is 8.65. The lowest BCUT2D eigenvalue weighted by Crippen LogP contribution is -2.24. The summed E-state index contributed by atoms with van der Waals surface area (Å²) >= 11 is 0. The molecule has 0 aliphatic rings. The van der Waals surface area contributed by atoms with E-state index in [0.29, 0.717) is 12.1 Å². The van der Waals surface area contributed by atoms with E-state index in [1.165, 1.54) is 16.7 Å². The number of aromatic nitrogens is 2. The minimum absolute atomic E-state index is 0.166. The first-order valence-corrected chi connectivity index (χ1v) is 5.59. The molecule has 0 saturated carbocycles. The Morgan fingerprint density at radius 1 is 1.33 bits per heavy atom. The molecule has 4 nitrogen and oxygen atoms in total. The van der Waals surface area contributed by atoms with Gasteiger partial charge in [0.25, 0.3) is 0 Å². The number of hydrogen-bond donors (Lipinski definition) is 0. The second-order valence-corrected chi connectivity index (χ2v) is 3.91. The lowest BCUT2D eigenvalue weighted by atomic mass is 10.1. The van der Waals surface area contributed by atoms with Crippen LogP contribution in [-0.4, -0.2) is 9.13 Å². The van der Waals surface area contributed by atoms with Crippen molar-refractivity contribution in [3.8, 4) is 6.07 Å². The van der Waals surface area contributed by atoms with Crippen LogP contribution in [0.4, 0.5) is 4.39 Å². The molecule has 1 aromatic heterocycles. The molecular weight excluding hydrogens is 233 g/mol. The highest BCUT2D eigenvalue weighted by molar-refractivity contribution is 5.32. The smallest absolute Gasteiger partial charge is 0.300 e. The van der Waals surface area contributed by atoms with Gasteiger partial charge in [-0.05, 0) is 19.1 Å². The molecule has 1 heterocycles. The van der Waals surface area contributed by atoms with Gasteiger partial charge in [-0.2, -0.15) is 5.26 Å². The summed E-state index contributed by atoms with van der Waals surface area (Å²) in [6.07, 6.45) is 3.30. The predicted octanol–water partition coefficient (Wildman–Crippen LogP) is 1.73. The van der Waals surface area contributed by atoms with Gasteiger partial charge in [-0.1, -0.05) is 6.07 Å². The number of hydrogen-bond acceptors (Lipinski definition) is 2. The fourth-order valence-corrected chi connectivity index (χ4v) is 1.74. The summed E-state index contributed by atoms with van der Waals surface area (Å²) in [6.45, 7) is 2.62. The van der Waals surface area contributed by atoms with E-state index in [4.69, 9.17) is 5.26 Å². The number of nitrogens with zero attached hydrogens (tertiary/aromatic N) is 3. The molecule has 0 fully saturated rings. The van der Waals surface area contributed by atoms with Crippen LogP contribution in [-0.2, 0) is 13.1 Å². The zero-order valence-corrected chi connectivity index (χ0v) is 9.93. The van der Waals surface area contributed by atoms with Crippen molar-refractivity contribution in [2.75, 3.05) is 0 Å². The third kappa shape index (κ3) is 2.18. The molecular formula is C13H12FN3O. The van der Waals surface area contributed by atoms with Gasteiger partial charge < -0.3 is 0 Å². The summed E-state index contributed by atoms with van der Waals surface area (Å²) < 4.78 is 16.7. The van der Waals surface area contributed by atoms with Crippen molar-refractivity contribution in [1.82, 2.24) is 9.13 Å². The highest BCUT2D eigenvalue weighted by atomic mass is 19.1. The highest BCUT2D eigenvalue weighted by Crippen LogP contribution is 2.10. The lowest BCUT2D eigenvalue weighted by molar-refractivity contribution is 0.590. The molecule has 0 amide bonds. The zero-order valence-electron chi connectivity index (χ0n) is 9.93. The quantitative estimate of drug-likeness (QED) is 0.826. The van der Waals surface area contributed by atoms with Gasteiger partial charge in [0.15, 0.2) is 0 Å². The maximum absolute atomic E-state index is 13.7. The number of benzene rings is 1. The maximum Gasteiger partial charge on any atom is 0.328 e. The molecule has 0 N–H and O–H groups in total. The van der Waals surface area contributed by atoms with Gasteiger partial charge in [-0.15, -0.1) is 0 Å². The average molecular weight is 245 g/mol. The Balaban J connectivity index is 2.32. The van der Waals surface area contributed by atoms with E-state index in [1.54, 1.807) is 23.0 Å². The first-order valence-electron chi connectivity index (χ1n) is 5.59. The number of aryl methyl sites for hydroxylation is 1. The van der Waals surface area contributed by atoms with E-state index in [2.05, 4.69) is 0 Å². The molecule has 18 heavy (non-hydrogen) atoms. The molecule has 0 bridgehead atoms. The number of imidazole rings is 1. The van der Waals surface area contributed by atoms with E-state index >= 15 is 0 Å². The van der Waals surface area contributed by atoms with Crippen LogP contribution in [0.1, 0.15) is 18.1 Å². The van der Waals surface area contributed by atoms with Crippen LogP contribution in [0.5, 0.6) is 0 Å². The Kier molecular flexibility index (Phi) is 3.28. The third-order valence-electron chi connectivity index (χ3n) is 2.78. The Morgan fingerprint density at radius 3 is 2.61 bits per heavy atom. The molecule has 0 aliphatic carbocycles. The summed E-state index contributed by atoms with van der Waals surface area (Å²) in [5.41, 5.74) is 0.501. The molecule has 92 valence electrons. The topological polar surface area (TPSA) is 50.7 Å². The van der Waals surface area contributed by atoms with Crippen LogP contribution in [0.2, 0.25) is 0 Å². The van der Waals surface area contributed by atoms with Crippen LogP contribution < -0.4 is 5.69 Å². The van der Waals surface area contributed by atoms with Crippen molar-refractivity contribution in [2.24, 2.45) is 0 Å². The minimum atomic E-state index is -0.467. The van der Waals surface area contributed by atoms with Gasteiger partial charge in [0.1, 0.15) is 5.82 Å². The highest BCUT2D eigenvalue weighted by Gasteiger charge is 2.07. The second kappa shape index (κ2) is 4.88. The molecule has 0 radical (unpaired) electrons. The average Bonchev–Trinajstić information content (AvgIpc) is 2.73. The zero-order chi connectivity index (χ0) is 13.1. The van der Waals surface area contributed by atoms with E-state index in [0.717, 1.165) is 0 Å². The van der Waals surface area contributed by atoms with Crippen LogP contribution in [0, 0.1) is 17.1 Å². The van der Waals surface area contributed by atoms with Crippen molar-refractivity contribution in [3.63, 3.8) is 0 Å². The molecule has 0 saturated heterocycles. The molecule has 0 spiro atoms. The molecule has 5 heteroatoms. The van der Waals surface area contributed by atoms with Crippen molar-refractivity contribution < 1.29 is 4.39 Å². The Morgan fingerprint density at radius 2 is 2.06 bits per heavy atom. The van der Waals surface area contributed by atoms with Crippen LogP contribution in [0.25, 0.3) is 0 Å². The Bertz CT molecular complexity index is 664. The first kappa shape index (κ1) is 12.1. The fourth-order valence-electron chi connectivity index (χ4n) is 1.74. The summed E-state index contributed by atoms with van der Waals surface area (Å²) in [7, 11) is 0. The predicted molar refractivity (Wildman–Crippen MR) is 64.6 cm³/mol. The monoisotopic (exact) mass is 245 g/mol. The summed E-state index contributed by atoms with van der Waals surface area (Å²) in [5.74, 6) is -0.467.